The molecule has 3 heterocycles. The Morgan fingerprint density at radius 1 is 1.32 bits per heavy atom. The largest absolute Gasteiger partial charge is 0.394 e. The van der Waals surface area contributed by atoms with Crippen molar-refractivity contribution in [3.05, 3.63) is 39.3 Å². The molecular formula is C19H25N3O2S. The molecule has 0 radical (unpaired) electrons. The fourth-order valence-corrected chi connectivity index (χ4v) is 5.19. The van der Waals surface area contributed by atoms with Crippen molar-refractivity contribution >= 4 is 17.2 Å². The Morgan fingerprint density at radius 2 is 2.20 bits per heavy atom. The van der Waals surface area contributed by atoms with Gasteiger partial charge in [-0.3, -0.25) is 9.48 Å². The molecule has 0 spiro atoms. The quantitative estimate of drug-likeness (QED) is 0.913. The molecule has 134 valence electrons. The molecule has 5 nitrogen and oxygen atoms in total. The van der Waals surface area contributed by atoms with E-state index in [0.717, 1.165) is 49.3 Å². The van der Waals surface area contributed by atoms with Gasteiger partial charge in [0.25, 0.3) is 5.91 Å². The summed E-state index contributed by atoms with van der Waals surface area (Å²) in [7, 11) is 0. The average Bonchev–Trinajstić information content (AvgIpc) is 3.29. The number of fused-ring (bicyclic) bond motifs is 1. The normalized spacial score (nSPS) is 20.5. The molecule has 1 aliphatic heterocycles. The zero-order valence-electron chi connectivity index (χ0n) is 14.5. The van der Waals surface area contributed by atoms with Crippen LogP contribution in [0.25, 0.3) is 0 Å². The Labute approximate surface area is 152 Å². The van der Waals surface area contributed by atoms with Crippen molar-refractivity contribution in [1.82, 2.24) is 14.7 Å². The molecule has 2 aromatic rings. The number of aromatic nitrogens is 2. The summed E-state index contributed by atoms with van der Waals surface area (Å²) in [6.07, 6.45) is 8.66. The molecule has 1 saturated heterocycles. The van der Waals surface area contributed by atoms with Crippen LogP contribution in [0.2, 0.25) is 0 Å². The van der Waals surface area contributed by atoms with Crippen molar-refractivity contribution in [2.45, 2.75) is 51.0 Å². The van der Waals surface area contributed by atoms with E-state index in [0.29, 0.717) is 12.5 Å². The number of carbonyl (C=O) groups is 1. The third-order valence-corrected chi connectivity index (χ3v) is 6.47. The number of amides is 1. The number of aryl methyl sites for hydroxylation is 1. The second kappa shape index (κ2) is 7.30. The van der Waals surface area contributed by atoms with Crippen molar-refractivity contribution in [1.29, 1.82) is 0 Å². The number of carbonyl (C=O) groups excluding carboxylic acids is 1. The zero-order valence-corrected chi connectivity index (χ0v) is 15.3. The van der Waals surface area contributed by atoms with Crippen LogP contribution in [0.4, 0.5) is 0 Å². The Morgan fingerprint density at radius 3 is 3.08 bits per heavy atom. The van der Waals surface area contributed by atoms with Crippen LogP contribution >= 0.6 is 11.3 Å². The lowest BCUT2D eigenvalue weighted by Gasteiger charge is -2.32. The average molecular weight is 359 g/mol. The summed E-state index contributed by atoms with van der Waals surface area (Å²) >= 11 is 1.64. The van der Waals surface area contributed by atoms with E-state index >= 15 is 0 Å². The molecule has 0 saturated carbocycles. The Kier molecular flexibility index (Phi) is 4.90. The molecule has 1 atom stereocenters. The Hall–Kier alpha value is -1.66. The van der Waals surface area contributed by atoms with Crippen LogP contribution in [-0.2, 0) is 19.4 Å². The lowest BCUT2D eigenvalue weighted by atomic mass is 9.92. The van der Waals surface area contributed by atoms with Gasteiger partial charge < -0.3 is 10.0 Å². The van der Waals surface area contributed by atoms with E-state index in [1.165, 1.54) is 24.0 Å². The predicted octanol–water partition coefficient (Wildman–Crippen LogP) is 2.84. The molecule has 0 unspecified atom stereocenters. The lowest BCUT2D eigenvalue weighted by molar-refractivity contribution is 0.0709. The van der Waals surface area contributed by atoms with Crippen LogP contribution in [0, 0.1) is 0 Å². The van der Waals surface area contributed by atoms with E-state index in [1.54, 1.807) is 16.0 Å². The minimum absolute atomic E-state index is 0.0971. The maximum Gasteiger partial charge on any atom is 0.264 e. The molecule has 2 aromatic heterocycles. The van der Waals surface area contributed by atoms with E-state index in [1.807, 2.05) is 17.2 Å². The summed E-state index contributed by atoms with van der Waals surface area (Å²) < 4.78 is 1.78. The molecule has 1 fully saturated rings. The first-order valence-electron chi connectivity index (χ1n) is 9.29. The molecule has 1 amide bonds. The van der Waals surface area contributed by atoms with Crippen LogP contribution in [0.5, 0.6) is 0 Å². The van der Waals surface area contributed by atoms with Gasteiger partial charge in [0.1, 0.15) is 0 Å². The minimum Gasteiger partial charge on any atom is -0.394 e. The van der Waals surface area contributed by atoms with Gasteiger partial charge in [-0.05, 0) is 61.1 Å². The number of aliphatic hydroxyl groups excluding tert-OH is 1. The van der Waals surface area contributed by atoms with E-state index in [4.69, 9.17) is 5.11 Å². The van der Waals surface area contributed by atoms with Gasteiger partial charge in [0.15, 0.2) is 0 Å². The summed E-state index contributed by atoms with van der Waals surface area (Å²) in [6, 6.07) is 2.03. The van der Waals surface area contributed by atoms with Crippen LogP contribution in [0.15, 0.2) is 17.6 Å². The van der Waals surface area contributed by atoms with Gasteiger partial charge in [-0.2, -0.15) is 5.10 Å². The summed E-state index contributed by atoms with van der Waals surface area (Å²) in [5.74, 6) is 0.515. The fourth-order valence-electron chi connectivity index (χ4n) is 4.07. The maximum atomic E-state index is 13.1. The van der Waals surface area contributed by atoms with E-state index in [2.05, 4.69) is 10.5 Å². The first kappa shape index (κ1) is 16.8. The number of aliphatic hydroxyl groups is 1. The SMILES string of the molecule is O=C(c1scc2c1CCCC2)N1CCC[C@@H](c2ccn(CCO)n2)C1. The molecule has 4 rings (SSSR count). The molecule has 25 heavy (non-hydrogen) atoms. The van der Waals surface area contributed by atoms with Crippen molar-refractivity contribution < 1.29 is 9.90 Å². The second-order valence-electron chi connectivity index (χ2n) is 7.09. The van der Waals surface area contributed by atoms with Crippen LogP contribution in [-0.4, -0.2) is 45.4 Å². The van der Waals surface area contributed by atoms with E-state index < -0.39 is 0 Å². The van der Waals surface area contributed by atoms with Gasteiger partial charge in [0, 0.05) is 25.2 Å². The van der Waals surface area contributed by atoms with Gasteiger partial charge >= 0.3 is 0 Å². The molecule has 2 aliphatic rings. The molecule has 0 bridgehead atoms. The highest BCUT2D eigenvalue weighted by Crippen LogP contribution is 2.33. The maximum absolute atomic E-state index is 13.1. The number of rotatable bonds is 4. The molecule has 0 aromatic carbocycles. The number of piperidine rings is 1. The van der Waals surface area contributed by atoms with Crippen LogP contribution < -0.4 is 0 Å². The van der Waals surface area contributed by atoms with Crippen LogP contribution in [0.3, 0.4) is 0 Å². The first-order valence-corrected chi connectivity index (χ1v) is 10.2. The Balaban J connectivity index is 1.48. The first-order chi connectivity index (χ1) is 12.3. The van der Waals surface area contributed by atoms with Crippen molar-refractivity contribution in [3.63, 3.8) is 0 Å². The standard InChI is InChI=1S/C19H25N3O2S/c23-11-10-22-9-7-17(20-22)14-5-3-8-21(12-14)19(24)18-16-6-2-1-4-15(16)13-25-18/h7,9,13-14,23H,1-6,8,10-12H2/t14-/m1/s1. The Bertz CT molecular complexity index is 752. The van der Waals surface area contributed by atoms with Crippen molar-refractivity contribution in [2.24, 2.45) is 0 Å². The second-order valence-corrected chi connectivity index (χ2v) is 7.97. The topological polar surface area (TPSA) is 58.4 Å². The summed E-state index contributed by atoms with van der Waals surface area (Å²) in [5.41, 5.74) is 3.76. The van der Waals surface area contributed by atoms with Gasteiger partial charge in [-0.15, -0.1) is 11.3 Å². The smallest absolute Gasteiger partial charge is 0.264 e. The summed E-state index contributed by atoms with van der Waals surface area (Å²) in [6.45, 7) is 2.22. The van der Waals surface area contributed by atoms with Gasteiger partial charge in [-0.25, -0.2) is 0 Å². The van der Waals surface area contributed by atoms with Gasteiger partial charge in [-0.1, -0.05) is 0 Å². The van der Waals surface area contributed by atoms with Gasteiger partial charge in [0.2, 0.25) is 0 Å². The highest BCUT2D eigenvalue weighted by atomic mass is 32.1. The van der Waals surface area contributed by atoms with E-state index in [-0.39, 0.29) is 12.5 Å². The highest BCUT2D eigenvalue weighted by molar-refractivity contribution is 7.12. The number of likely N-dealkylation sites (tertiary alicyclic amines) is 1. The minimum atomic E-state index is 0.0971. The molecule has 1 N–H and O–H groups in total. The summed E-state index contributed by atoms with van der Waals surface area (Å²) in [5, 5.41) is 15.8. The third-order valence-electron chi connectivity index (χ3n) is 5.42. The lowest BCUT2D eigenvalue weighted by Crippen LogP contribution is -2.39. The third kappa shape index (κ3) is 3.37. The number of hydrogen-bond acceptors (Lipinski definition) is 4. The monoisotopic (exact) mass is 359 g/mol. The molecule has 1 aliphatic carbocycles. The predicted molar refractivity (Wildman–Crippen MR) is 98.2 cm³/mol. The molecule has 6 heteroatoms. The highest BCUT2D eigenvalue weighted by Gasteiger charge is 2.29. The zero-order chi connectivity index (χ0) is 17.2. The van der Waals surface area contributed by atoms with Crippen molar-refractivity contribution in [3.8, 4) is 0 Å². The van der Waals surface area contributed by atoms with Crippen LogP contribution in [0.1, 0.15) is 58.1 Å². The number of hydrogen-bond donors (Lipinski definition) is 1. The summed E-state index contributed by atoms with van der Waals surface area (Å²) in [4.78, 5) is 16.1. The number of thiophene rings is 1. The molecular weight excluding hydrogens is 334 g/mol. The fraction of sp³-hybridized carbons (Fsp3) is 0.579. The van der Waals surface area contributed by atoms with Gasteiger partial charge in [0.05, 0.1) is 23.7 Å². The van der Waals surface area contributed by atoms with Crippen molar-refractivity contribution in [2.75, 3.05) is 19.7 Å². The van der Waals surface area contributed by atoms with E-state index in [9.17, 15) is 4.79 Å². The number of nitrogens with zero attached hydrogens (tertiary/aromatic N) is 3.